The third-order valence-corrected chi connectivity index (χ3v) is 5.79. The molecule has 150 valence electrons. The van der Waals surface area contributed by atoms with Crippen LogP contribution in [0.4, 0.5) is 0 Å². The van der Waals surface area contributed by atoms with Gasteiger partial charge in [-0.2, -0.15) is 4.31 Å². The van der Waals surface area contributed by atoms with E-state index in [0.717, 1.165) is 0 Å². The third-order valence-electron chi connectivity index (χ3n) is 3.88. The summed E-state index contributed by atoms with van der Waals surface area (Å²) in [5, 5.41) is 4.90. The van der Waals surface area contributed by atoms with E-state index in [1.165, 1.54) is 23.5 Å². The molecule has 2 amide bonds. The molecule has 27 heavy (non-hydrogen) atoms. The van der Waals surface area contributed by atoms with Crippen molar-refractivity contribution >= 4 is 21.8 Å². The highest BCUT2D eigenvalue weighted by Crippen LogP contribution is 2.23. The van der Waals surface area contributed by atoms with Crippen LogP contribution in [0.2, 0.25) is 0 Å². The molecular weight excluding hydrogens is 374 g/mol. The lowest BCUT2D eigenvalue weighted by molar-refractivity contribution is -0.140. The summed E-state index contributed by atoms with van der Waals surface area (Å²) in [6.07, 6.45) is -0.352. The van der Waals surface area contributed by atoms with Gasteiger partial charge in [-0.25, -0.2) is 8.42 Å². The molecule has 2 N–H and O–H groups in total. The minimum absolute atomic E-state index is 0.0997. The van der Waals surface area contributed by atoms with Crippen LogP contribution in [0, 0.1) is 0 Å². The molecule has 1 heterocycles. The van der Waals surface area contributed by atoms with Crippen molar-refractivity contribution in [1.82, 2.24) is 14.9 Å². The van der Waals surface area contributed by atoms with Gasteiger partial charge in [0.15, 0.2) is 0 Å². The molecule has 1 atom stereocenters. The van der Waals surface area contributed by atoms with Gasteiger partial charge in [-0.1, -0.05) is 0 Å². The molecule has 0 aromatic heterocycles. The van der Waals surface area contributed by atoms with Crippen molar-refractivity contribution in [2.45, 2.75) is 37.4 Å². The van der Waals surface area contributed by atoms with Crippen LogP contribution >= 0.6 is 0 Å². The number of carbonyl (C=O) groups is 2. The highest BCUT2D eigenvalue weighted by atomic mass is 32.2. The molecule has 0 radical (unpaired) electrons. The number of hydrogen-bond donors (Lipinski definition) is 2. The topological polar surface area (TPSA) is 114 Å². The second kappa shape index (κ2) is 9.16. The third kappa shape index (κ3) is 5.41. The van der Waals surface area contributed by atoms with E-state index in [1.807, 2.05) is 0 Å². The van der Waals surface area contributed by atoms with E-state index < -0.39 is 28.1 Å². The Labute approximate surface area is 159 Å². The minimum atomic E-state index is -3.82. The lowest BCUT2D eigenvalue weighted by atomic mass is 10.3. The van der Waals surface area contributed by atoms with Gasteiger partial charge in [0.2, 0.25) is 10.0 Å². The Kier molecular flexibility index (Phi) is 7.17. The van der Waals surface area contributed by atoms with Gasteiger partial charge in [-0.15, -0.1) is 0 Å². The molecule has 1 fully saturated rings. The summed E-state index contributed by atoms with van der Waals surface area (Å²) >= 11 is 0. The molecule has 1 aliphatic heterocycles. The first kappa shape index (κ1) is 21.1. The second-order valence-corrected chi connectivity index (χ2v) is 8.20. The number of carbonyl (C=O) groups excluding carboxylic acids is 2. The van der Waals surface area contributed by atoms with Crippen molar-refractivity contribution in [2.24, 2.45) is 0 Å². The Morgan fingerprint density at radius 1 is 1.26 bits per heavy atom. The van der Waals surface area contributed by atoms with E-state index in [1.54, 1.807) is 26.0 Å². The number of hydrogen-bond acceptors (Lipinski definition) is 6. The van der Waals surface area contributed by atoms with E-state index in [2.05, 4.69) is 10.6 Å². The van der Waals surface area contributed by atoms with Gasteiger partial charge < -0.3 is 20.1 Å². The zero-order chi connectivity index (χ0) is 20.0. The molecule has 1 saturated heterocycles. The number of amides is 2. The van der Waals surface area contributed by atoms with Gasteiger partial charge in [0.05, 0.1) is 25.2 Å². The van der Waals surface area contributed by atoms with Crippen LogP contribution in [0.1, 0.15) is 20.3 Å². The Bertz CT molecular complexity index is 763. The standard InChI is InChI=1S/C17H25N3O6S/c1-12(2)19-17(22)16(21)18-11-15-20(9-4-10-26-15)27(23,24)14-7-5-13(25-3)6-8-14/h5-8,12,15H,4,9-11H2,1-3H3,(H,18,21)(H,19,22)/t15-/m0/s1. The van der Waals surface area contributed by atoms with Crippen LogP contribution < -0.4 is 15.4 Å². The fourth-order valence-electron chi connectivity index (χ4n) is 2.57. The number of ether oxygens (including phenoxy) is 2. The maximum atomic E-state index is 12.9. The summed E-state index contributed by atoms with van der Waals surface area (Å²) in [5.74, 6) is -1.06. The van der Waals surface area contributed by atoms with Crippen molar-refractivity contribution in [3.05, 3.63) is 24.3 Å². The molecule has 0 unspecified atom stereocenters. The maximum absolute atomic E-state index is 12.9. The molecule has 2 rings (SSSR count). The Morgan fingerprint density at radius 2 is 1.93 bits per heavy atom. The molecule has 1 aromatic rings. The molecule has 0 spiro atoms. The van der Waals surface area contributed by atoms with Crippen LogP contribution in [-0.4, -0.2) is 63.6 Å². The van der Waals surface area contributed by atoms with Gasteiger partial charge in [0.25, 0.3) is 0 Å². The summed E-state index contributed by atoms with van der Waals surface area (Å²) in [6, 6.07) is 5.85. The van der Waals surface area contributed by atoms with E-state index in [4.69, 9.17) is 9.47 Å². The zero-order valence-corrected chi connectivity index (χ0v) is 16.4. The predicted octanol–water partition coefficient (Wildman–Crippen LogP) is 0.0731. The summed E-state index contributed by atoms with van der Waals surface area (Å²) < 4.78 is 37.6. The van der Waals surface area contributed by atoms with Gasteiger partial charge >= 0.3 is 11.8 Å². The highest BCUT2D eigenvalue weighted by Gasteiger charge is 2.35. The fourth-order valence-corrected chi connectivity index (χ4v) is 4.14. The first-order valence-corrected chi connectivity index (χ1v) is 10.1. The van der Waals surface area contributed by atoms with Crippen LogP contribution in [0.3, 0.4) is 0 Å². The molecule has 0 bridgehead atoms. The molecular formula is C17H25N3O6S. The van der Waals surface area contributed by atoms with E-state index >= 15 is 0 Å². The van der Waals surface area contributed by atoms with Crippen LogP contribution in [-0.2, 0) is 24.3 Å². The van der Waals surface area contributed by atoms with Crippen molar-refractivity contribution in [2.75, 3.05) is 26.8 Å². The summed E-state index contributed by atoms with van der Waals surface area (Å²) in [6.45, 7) is 3.97. The van der Waals surface area contributed by atoms with Crippen molar-refractivity contribution in [3.8, 4) is 5.75 Å². The van der Waals surface area contributed by atoms with Crippen LogP contribution in [0.15, 0.2) is 29.2 Å². The van der Waals surface area contributed by atoms with Crippen molar-refractivity contribution in [1.29, 1.82) is 0 Å². The number of nitrogens with one attached hydrogen (secondary N) is 2. The van der Waals surface area contributed by atoms with Crippen LogP contribution in [0.25, 0.3) is 0 Å². The first-order chi connectivity index (χ1) is 12.8. The van der Waals surface area contributed by atoms with Gasteiger partial charge in [0.1, 0.15) is 12.0 Å². The van der Waals surface area contributed by atoms with Crippen LogP contribution in [0.5, 0.6) is 5.75 Å². The minimum Gasteiger partial charge on any atom is -0.497 e. The Hall–Kier alpha value is -2.17. The number of rotatable bonds is 6. The quantitative estimate of drug-likeness (QED) is 0.655. The Balaban J connectivity index is 2.09. The summed E-state index contributed by atoms with van der Waals surface area (Å²) in [7, 11) is -2.33. The Morgan fingerprint density at radius 3 is 2.52 bits per heavy atom. The van der Waals surface area contributed by atoms with E-state index in [9.17, 15) is 18.0 Å². The smallest absolute Gasteiger partial charge is 0.309 e. The average Bonchev–Trinajstić information content (AvgIpc) is 2.65. The number of sulfonamides is 1. The molecule has 10 heteroatoms. The fraction of sp³-hybridized carbons (Fsp3) is 0.529. The lowest BCUT2D eigenvalue weighted by Gasteiger charge is -2.34. The molecule has 1 aliphatic rings. The molecule has 0 aliphatic carbocycles. The second-order valence-electron chi connectivity index (χ2n) is 6.31. The predicted molar refractivity (Wildman–Crippen MR) is 97.5 cm³/mol. The number of nitrogens with zero attached hydrogens (tertiary/aromatic N) is 1. The lowest BCUT2D eigenvalue weighted by Crippen LogP contribution is -2.53. The van der Waals surface area contributed by atoms with Crippen molar-refractivity contribution < 1.29 is 27.5 Å². The SMILES string of the molecule is COc1ccc(S(=O)(=O)N2CCCO[C@H]2CNC(=O)C(=O)NC(C)C)cc1. The van der Waals surface area contributed by atoms with Gasteiger partial charge in [0, 0.05) is 12.6 Å². The monoisotopic (exact) mass is 399 g/mol. The average molecular weight is 399 g/mol. The largest absolute Gasteiger partial charge is 0.497 e. The first-order valence-electron chi connectivity index (χ1n) is 8.62. The van der Waals surface area contributed by atoms with E-state index in [0.29, 0.717) is 18.8 Å². The number of benzene rings is 1. The maximum Gasteiger partial charge on any atom is 0.309 e. The molecule has 0 saturated carbocycles. The van der Waals surface area contributed by atoms with Gasteiger partial charge in [-0.05, 0) is 44.5 Å². The van der Waals surface area contributed by atoms with E-state index in [-0.39, 0.29) is 24.0 Å². The normalized spacial score (nSPS) is 18.1. The molecule has 1 aromatic carbocycles. The highest BCUT2D eigenvalue weighted by molar-refractivity contribution is 7.89. The summed E-state index contributed by atoms with van der Waals surface area (Å²) in [4.78, 5) is 23.6. The summed E-state index contributed by atoms with van der Waals surface area (Å²) in [5.41, 5.74) is 0. The zero-order valence-electron chi connectivity index (χ0n) is 15.6. The molecule has 9 nitrogen and oxygen atoms in total. The van der Waals surface area contributed by atoms with Crippen molar-refractivity contribution in [3.63, 3.8) is 0 Å². The van der Waals surface area contributed by atoms with Gasteiger partial charge in [-0.3, -0.25) is 9.59 Å². The number of methoxy groups -OCH3 is 1.